The summed E-state index contributed by atoms with van der Waals surface area (Å²) in [6.07, 6.45) is 9.73. The van der Waals surface area contributed by atoms with E-state index in [9.17, 15) is 4.79 Å². The molecule has 0 spiro atoms. The van der Waals surface area contributed by atoms with Gasteiger partial charge in [-0.2, -0.15) is 0 Å². The molecule has 1 aliphatic heterocycles. The normalized spacial score (nSPS) is 22.3. The maximum Gasteiger partial charge on any atom is 0.244 e. The minimum absolute atomic E-state index is 0.100. The quantitative estimate of drug-likeness (QED) is 0.458. The molecule has 2 aliphatic rings. The van der Waals surface area contributed by atoms with Crippen molar-refractivity contribution in [3.63, 3.8) is 0 Å². The second kappa shape index (κ2) is 7.36. The average molecular weight is 266 g/mol. The number of amides is 1. The first-order valence-corrected chi connectivity index (χ1v) is 7.60. The number of carbonyl (C=O) groups is 1. The van der Waals surface area contributed by atoms with Crippen molar-refractivity contribution in [3.8, 4) is 0 Å². The zero-order valence-corrected chi connectivity index (χ0v) is 11.7. The van der Waals surface area contributed by atoms with Crippen LogP contribution in [0.5, 0.6) is 0 Å². The van der Waals surface area contributed by atoms with Gasteiger partial charge in [-0.1, -0.05) is 25.7 Å². The predicted octanol–water partition coefficient (Wildman–Crippen LogP) is 1.24. The number of rotatable bonds is 3. The van der Waals surface area contributed by atoms with E-state index < -0.39 is 0 Å². The van der Waals surface area contributed by atoms with Crippen LogP contribution in [-0.2, 0) is 4.79 Å². The standard InChI is InChI=1S/C14H26N4O/c15-14(17-12-7-3-1-2-4-8-12)16-11-13(19)18-9-5-6-10-18/h12H,1-11H2,(H3,15,16,17). The van der Waals surface area contributed by atoms with Crippen molar-refractivity contribution < 1.29 is 4.79 Å². The van der Waals surface area contributed by atoms with Crippen molar-refractivity contribution >= 4 is 11.9 Å². The van der Waals surface area contributed by atoms with E-state index in [-0.39, 0.29) is 12.5 Å². The lowest BCUT2D eigenvalue weighted by Crippen LogP contribution is -2.40. The zero-order chi connectivity index (χ0) is 13.5. The maximum absolute atomic E-state index is 11.8. The summed E-state index contributed by atoms with van der Waals surface area (Å²) >= 11 is 0. The van der Waals surface area contributed by atoms with E-state index >= 15 is 0 Å². The van der Waals surface area contributed by atoms with Gasteiger partial charge in [-0.15, -0.1) is 0 Å². The number of likely N-dealkylation sites (tertiary alicyclic amines) is 1. The van der Waals surface area contributed by atoms with Gasteiger partial charge >= 0.3 is 0 Å². The van der Waals surface area contributed by atoms with Gasteiger partial charge in [-0.3, -0.25) is 4.79 Å². The molecule has 0 radical (unpaired) electrons. The third-order valence-corrected chi connectivity index (χ3v) is 4.05. The molecular weight excluding hydrogens is 240 g/mol. The van der Waals surface area contributed by atoms with Gasteiger partial charge in [0.25, 0.3) is 0 Å². The number of guanidine groups is 1. The summed E-state index contributed by atoms with van der Waals surface area (Å²) in [4.78, 5) is 17.9. The highest BCUT2D eigenvalue weighted by molar-refractivity contribution is 5.84. The smallest absolute Gasteiger partial charge is 0.244 e. The summed E-state index contributed by atoms with van der Waals surface area (Å²) in [5, 5.41) is 3.26. The first kappa shape index (κ1) is 14.2. The number of hydrogen-bond donors (Lipinski definition) is 2. The van der Waals surface area contributed by atoms with Crippen molar-refractivity contribution in [2.75, 3.05) is 19.6 Å². The Morgan fingerprint density at radius 1 is 1.11 bits per heavy atom. The van der Waals surface area contributed by atoms with E-state index in [1.165, 1.54) is 25.7 Å². The minimum atomic E-state index is 0.100. The Hall–Kier alpha value is -1.26. The van der Waals surface area contributed by atoms with Crippen molar-refractivity contribution in [3.05, 3.63) is 0 Å². The minimum Gasteiger partial charge on any atom is -0.370 e. The number of nitrogens with zero attached hydrogens (tertiary/aromatic N) is 2. The van der Waals surface area contributed by atoms with Crippen molar-refractivity contribution in [2.24, 2.45) is 10.7 Å². The van der Waals surface area contributed by atoms with Crippen LogP contribution < -0.4 is 11.1 Å². The molecule has 2 fully saturated rings. The monoisotopic (exact) mass is 266 g/mol. The van der Waals surface area contributed by atoms with Crippen LogP contribution in [0.25, 0.3) is 0 Å². The Morgan fingerprint density at radius 2 is 1.74 bits per heavy atom. The van der Waals surface area contributed by atoms with E-state index in [4.69, 9.17) is 5.73 Å². The predicted molar refractivity (Wildman–Crippen MR) is 76.9 cm³/mol. The molecule has 0 unspecified atom stereocenters. The Labute approximate surface area is 115 Å². The molecule has 5 nitrogen and oxygen atoms in total. The maximum atomic E-state index is 11.8. The Morgan fingerprint density at radius 3 is 2.37 bits per heavy atom. The fourth-order valence-electron chi connectivity index (χ4n) is 2.90. The topological polar surface area (TPSA) is 70.7 Å². The Kier molecular flexibility index (Phi) is 5.48. The van der Waals surface area contributed by atoms with Gasteiger partial charge in [0, 0.05) is 19.1 Å². The molecule has 1 aliphatic carbocycles. The van der Waals surface area contributed by atoms with Gasteiger partial charge in [-0.25, -0.2) is 4.99 Å². The van der Waals surface area contributed by atoms with Gasteiger partial charge in [-0.05, 0) is 25.7 Å². The zero-order valence-electron chi connectivity index (χ0n) is 11.7. The van der Waals surface area contributed by atoms with Crippen molar-refractivity contribution in [1.29, 1.82) is 0 Å². The molecule has 1 amide bonds. The van der Waals surface area contributed by atoms with E-state index in [1.54, 1.807) is 0 Å². The van der Waals surface area contributed by atoms with Crippen LogP contribution >= 0.6 is 0 Å². The second-order valence-corrected chi connectivity index (χ2v) is 5.62. The molecule has 108 valence electrons. The SMILES string of the molecule is NC(=NCC(=O)N1CCCC1)NC1CCCCCC1. The summed E-state index contributed by atoms with van der Waals surface area (Å²) in [5.74, 6) is 0.530. The summed E-state index contributed by atoms with van der Waals surface area (Å²) in [5.41, 5.74) is 5.87. The van der Waals surface area contributed by atoms with Crippen molar-refractivity contribution in [2.45, 2.75) is 57.4 Å². The summed E-state index contributed by atoms with van der Waals surface area (Å²) < 4.78 is 0. The fraction of sp³-hybridized carbons (Fsp3) is 0.857. The summed E-state index contributed by atoms with van der Waals surface area (Å²) in [6.45, 7) is 1.94. The average Bonchev–Trinajstić information content (AvgIpc) is 2.82. The van der Waals surface area contributed by atoms with Crippen LogP contribution in [-0.4, -0.2) is 42.4 Å². The largest absolute Gasteiger partial charge is 0.370 e. The Balaban J connectivity index is 1.73. The molecule has 0 aromatic heterocycles. The molecule has 1 saturated carbocycles. The fourth-order valence-corrected chi connectivity index (χ4v) is 2.90. The van der Waals surface area contributed by atoms with E-state index in [0.29, 0.717) is 12.0 Å². The number of nitrogens with two attached hydrogens (primary N) is 1. The highest BCUT2D eigenvalue weighted by atomic mass is 16.2. The molecule has 19 heavy (non-hydrogen) atoms. The third-order valence-electron chi connectivity index (χ3n) is 4.05. The lowest BCUT2D eigenvalue weighted by atomic mass is 10.1. The van der Waals surface area contributed by atoms with Crippen LogP contribution in [0.3, 0.4) is 0 Å². The first-order valence-electron chi connectivity index (χ1n) is 7.60. The van der Waals surface area contributed by atoms with Gasteiger partial charge in [0.2, 0.25) is 5.91 Å². The van der Waals surface area contributed by atoms with Crippen LogP contribution in [0.15, 0.2) is 4.99 Å². The molecule has 2 rings (SSSR count). The lowest BCUT2D eigenvalue weighted by Gasteiger charge is -2.17. The third kappa shape index (κ3) is 4.73. The van der Waals surface area contributed by atoms with Crippen molar-refractivity contribution in [1.82, 2.24) is 10.2 Å². The summed E-state index contributed by atoms with van der Waals surface area (Å²) in [7, 11) is 0. The van der Waals surface area contributed by atoms with Gasteiger partial charge in [0.05, 0.1) is 0 Å². The van der Waals surface area contributed by atoms with E-state index in [2.05, 4.69) is 10.3 Å². The van der Waals surface area contributed by atoms with Gasteiger partial charge in [0.1, 0.15) is 6.54 Å². The van der Waals surface area contributed by atoms with Crippen LogP contribution in [0, 0.1) is 0 Å². The number of nitrogens with one attached hydrogen (secondary N) is 1. The molecule has 0 atom stereocenters. The molecule has 1 saturated heterocycles. The highest BCUT2D eigenvalue weighted by Gasteiger charge is 2.17. The molecule has 5 heteroatoms. The number of aliphatic imine (C=N–C) groups is 1. The Bertz CT molecular complexity index is 315. The highest BCUT2D eigenvalue weighted by Crippen LogP contribution is 2.16. The van der Waals surface area contributed by atoms with Gasteiger partial charge < -0.3 is 16.0 Å². The lowest BCUT2D eigenvalue weighted by molar-refractivity contribution is -0.128. The number of carbonyl (C=O) groups excluding carboxylic acids is 1. The van der Waals surface area contributed by atoms with Crippen LogP contribution in [0.4, 0.5) is 0 Å². The van der Waals surface area contributed by atoms with E-state index in [0.717, 1.165) is 38.8 Å². The second-order valence-electron chi connectivity index (χ2n) is 5.62. The first-order chi connectivity index (χ1) is 9.25. The summed E-state index contributed by atoms with van der Waals surface area (Å²) in [6, 6.07) is 0.438. The molecule has 3 N–H and O–H groups in total. The van der Waals surface area contributed by atoms with Gasteiger partial charge in [0.15, 0.2) is 5.96 Å². The molecular formula is C14H26N4O. The number of hydrogen-bond acceptors (Lipinski definition) is 2. The van der Waals surface area contributed by atoms with E-state index in [1.807, 2.05) is 4.90 Å². The molecule has 0 aromatic rings. The van der Waals surface area contributed by atoms with Crippen LogP contribution in [0.2, 0.25) is 0 Å². The molecule has 0 bridgehead atoms. The molecule has 1 heterocycles. The van der Waals surface area contributed by atoms with Crippen LogP contribution in [0.1, 0.15) is 51.4 Å². The molecule has 0 aromatic carbocycles.